The van der Waals surface area contributed by atoms with Gasteiger partial charge in [-0.2, -0.15) is 0 Å². The van der Waals surface area contributed by atoms with Gasteiger partial charge in [0.2, 0.25) is 15.3 Å². The molecule has 0 aliphatic carbocycles. The highest BCUT2D eigenvalue weighted by molar-refractivity contribution is 7.91. The van der Waals surface area contributed by atoms with Crippen molar-refractivity contribution in [1.82, 2.24) is 4.98 Å². The number of carbonyl (C=O) groups is 1. The van der Waals surface area contributed by atoms with Crippen molar-refractivity contribution in [3.8, 4) is 0 Å². The van der Waals surface area contributed by atoms with Gasteiger partial charge < -0.3 is 9.72 Å². The van der Waals surface area contributed by atoms with Gasteiger partial charge in [0.15, 0.2) is 0 Å². The number of aromatic nitrogens is 1. The number of nitrogens with one attached hydrogen (secondary N) is 1. The smallest absolute Gasteiger partial charge is 0.307 e. The quantitative estimate of drug-likeness (QED) is 0.257. The van der Waals surface area contributed by atoms with E-state index in [1.165, 1.54) is 6.08 Å². The number of rotatable bonds is 7. The topological polar surface area (TPSA) is 76.2 Å². The molecule has 2 unspecified atom stereocenters. The Morgan fingerprint density at radius 3 is 2.53 bits per heavy atom. The first-order chi connectivity index (χ1) is 15.3. The normalized spacial score (nSPS) is 13.7. The lowest BCUT2D eigenvalue weighted by atomic mass is 10.1. The minimum Gasteiger partial charge on any atom is -0.439 e. The zero-order valence-corrected chi connectivity index (χ0v) is 19.0. The predicted octanol–water partition coefficient (Wildman–Crippen LogP) is 6.27. The van der Waals surface area contributed by atoms with Gasteiger partial charge in [-0.15, -0.1) is 6.58 Å². The molecule has 0 aliphatic rings. The molecule has 0 saturated heterocycles. The SMILES string of the molecule is C=CC(c1ccc2ccccc2c1)S(=O)(=O)C(OC(=O)CC)c1cc2cc(Cl)ccc2[nH]1. The van der Waals surface area contributed by atoms with Crippen molar-refractivity contribution in [3.63, 3.8) is 0 Å². The Labute approximate surface area is 191 Å². The lowest BCUT2D eigenvalue weighted by Gasteiger charge is -2.22. The van der Waals surface area contributed by atoms with Gasteiger partial charge in [0.05, 0.1) is 5.69 Å². The first-order valence-corrected chi connectivity index (χ1v) is 12.1. The van der Waals surface area contributed by atoms with Crippen molar-refractivity contribution < 1.29 is 17.9 Å². The molecule has 0 saturated carbocycles. The molecule has 7 heteroatoms. The average molecular weight is 468 g/mol. The molecule has 164 valence electrons. The molecule has 2 atom stereocenters. The fraction of sp³-hybridized carbons (Fsp3) is 0.160. The van der Waals surface area contributed by atoms with Gasteiger partial charge in [0.1, 0.15) is 5.25 Å². The highest BCUT2D eigenvalue weighted by Gasteiger charge is 2.38. The number of ether oxygens (including phenoxy) is 1. The lowest BCUT2D eigenvalue weighted by molar-refractivity contribution is -0.145. The molecule has 0 bridgehead atoms. The van der Waals surface area contributed by atoms with E-state index >= 15 is 0 Å². The number of halogens is 1. The molecule has 1 heterocycles. The fourth-order valence-electron chi connectivity index (χ4n) is 3.74. The Morgan fingerprint density at radius 1 is 1.06 bits per heavy atom. The number of fused-ring (bicyclic) bond motifs is 2. The van der Waals surface area contributed by atoms with Crippen molar-refractivity contribution >= 4 is 49.1 Å². The minimum atomic E-state index is -4.08. The molecule has 1 N–H and O–H groups in total. The summed E-state index contributed by atoms with van der Waals surface area (Å²) in [5, 5.41) is 2.08. The Hall–Kier alpha value is -3.09. The monoisotopic (exact) mass is 467 g/mol. The fourth-order valence-corrected chi connectivity index (χ4v) is 5.70. The predicted molar refractivity (Wildman–Crippen MR) is 128 cm³/mol. The van der Waals surface area contributed by atoms with Gasteiger partial charge in [0, 0.05) is 22.3 Å². The Balaban J connectivity index is 1.82. The summed E-state index contributed by atoms with van der Waals surface area (Å²) in [6, 6.07) is 20.0. The summed E-state index contributed by atoms with van der Waals surface area (Å²) in [6.07, 6.45) is 1.42. The van der Waals surface area contributed by atoms with Crippen LogP contribution in [0.4, 0.5) is 0 Å². The van der Waals surface area contributed by atoms with Gasteiger partial charge in [-0.05, 0) is 46.7 Å². The molecule has 4 rings (SSSR count). The number of carbonyl (C=O) groups excluding carboxylic acids is 1. The van der Waals surface area contributed by atoms with Crippen molar-refractivity contribution in [2.75, 3.05) is 0 Å². The first kappa shape index (κ1) is 22.1. The van der Waals surface area contributed by atoms with E-state index in [-0.39, 0.29) is 12.1 Å². The molecule has 5 nitrogen and oxygen atoms in total. The lowest BCUT2D eigenvalue weighted by Crippen LogP contribution is -2.24. The standard InChI is InChI=1S/C25H22ClNO4S/c1-3-23(18-10-9-16-7-5-6-8-17(16)13-18)32(29,30)25(31-24(28)4-2)22-15-19-14-20(26)11-12-21(19)27-22/h3,5-15,23,25,27H,1,4H2,2H3. The summed E-state index contributed by atoms with van der Waals surface area (Å²) < 4.78 is 33.1. The molecule has 3 aromatic carbocycles. The van der Waals surface area contributed by atoms with E-state index in [2.05, 4.69) is 11.6 Å². The highest BCUT2D eigenvalue weighted by Crippen LogP contribution is 2.38. The highest BCUT2D eigenvalue weighted by atomic mass is 35.5. The van der Waals surface area contributed by atoms with Gasteiger partial charge in [-0.1, -0.05) is 61.0 Å². The van der Waals surface area contributed by atoms with Crippen LogP contribution in [0.1, 0.15) is 35.3 Å². The van der Waals surface area contributed by atoms with E-state index in [0.717, 1.165) is 16.2 Å². The van der Waals surface area contributed by atoms with Crippen LogP contribution < -0.4 is 0 Å². The summed E-state index contributed by atoms with van der Waals surface area (Å²) in [7, 11) is -4.08. The summed E-state index contributed by atoms with van der Waals surface area (Å²) in [4.78, 5) is 15.3. The summed E-state index contributed by atoms with van der Waals surface area (Å²) in [5.74, 6) is -0.614. The first-order valence-electron chi connectivity index (χ1n) is 10.1. The number of esters is 1. The second kappa shape index (κ2) is 8.81. The maximum atomic E-state index is 13.8. The van der Waals surface area contributed by atoms with Crippen LogP contribution >= 0.6 is 11.6 Å². The van der Waals surface area contributed by atoms with Gasteiger partial charge >= 0.3 is 5.97 Å². The summed E-state index contributed by atoms with van der Waals surface area (Å²) >= 11 is 6.07. The van der Waals surface area contributed by atoms with Gasteiger partial charge in [0.25, 0.3) is 0 Å². The van der Waals surface area contributed by atoms with Crippen LogP contribution in [-0.2, 0) is 19.4 Å². The van der Waals surface area contributed by atoms with Crippen molar-refractivity contribution in [3.05, 3.63) is 95.7 Å². The van der Waals surface area contributed by atoms with Crippen LogP contribution in [0, 0.1) is 0 Å². The van der Waals surface area contributed by atoms with Crippen LogP contribution in [0.15, 0.2) is 79.4 Å². The van der Waals surface area contributed by atoms with Crippen molar-refractivity contribution in [2.24, 2.45) is 0 Å². The third kappa shape index (κ3) is 4.16. The molecule has 4 aromatic rings. The van der Waals surface area contributed by atoms with Crippen LogP contribution in [0.5, 0.6) is 0 Å². The van der Waals surface area contributed by atoms with E-state index in [0.29, 0.717) is 16.1 Å². The summed E-state index contributed by atoms with van der Waals surface area (Å²) in [6.45, 7) is 5.38. The van der Waals surface area contributed by atoms with E-state index in [1.54, 1.807) is 37.3 Å². The maximum Gasteiger partial charge on any atom is 0.307 e. The largest absolute Gasteiger partial charge is 0.439 e. The zero-order chi connectivity index (χ0) is 22.9. The number of sulfone groups is 1. The molecule has 0 aliphatic heterocycles. The molecule has 32 heavy (non-hydrogen) atoms. The van der Waals surface area contributed by atoms with E-state index < -0.39 is 26.5 Å². The molecule has 1 aromatic heterocycles. The van der Waals surface area contributed by atoms with Gasteiger partial charge in [-0.25, -0.2) is 8.42 Å². The van der Waals surface area contributed by atoms with Gasteiger partial charge in [-0.3, -0.25) is 4.79 Å². The number of hydrogen-bond donors (Lipinski definition) is 1. The third-order valence-corrected chi connectivity index (χ3v) is 7.71. The molecular weight excluding hydrogens is 446 g/mol. The Morgan fingerprint density at radius 2 is 1.81 bits per heavy atom. The Bertz CT molecular complexity index is 1420. The second-order valence-electron chi connectivity index (χ2n) is 7.48. The number of hydrogen-bond acceptors (Lipinski definition) is 4. The van der Waals surface area contributed by atoms with E-state index in [1.807, 2.05) is 36.4 Å². The van der Waals surface area contributed by atoms with Crippen LogP contribution in [0.2, 0.25) is 5.02 Å². The minimum absolute atomic E-state index is 0.0484. The zero-order valence-electron chi connectivity index (χ0n) is 17.4. The van der Waals surface area contributed by atoms with Crippen LogP contribution in [0.25, 0.3) is 21.7 Å². The Kier molecular flexibility index (Phi) is 6.09. The maximum absolute atomic E-state index is 13.8. The number of benzene rings is 3. The molecule has 0 fully saturated rings. The molecule has 0 spiro atoms. The summed E-state index contributed by atoms with van der Waals surface area (Å²) in [5.41, 5.74) is -0.0132. The van der Waals surface area contributed by atoms with Crippen molar-refractivity contribution in [1.29, 1.82) is 0 Å². The molecular formula is C25H22ClNO4S. The molecule has 0 amide bonds. The van der Waals surface area contributed by atoms with E-state index in [4.69, 9.17) is 16.3 Å². The van der Waals surface area contributed by atoms with E-state index in [9.17, 15) is 13.2 Å². The molecule has 0 radical (unpaired) electrons. The second-order valence-corrected chi connectivity index (χ2v) is 10.0. The van der Waals surface area contributed by atoms with Crippen LogP contribution in [0.3, 0.4) is 0 Å². The van der Waals surface area contributed by atoms with Crippen LogP contribution in [-0.4, -0.2) is 19.4 Å². The number of aromatic amines is 1. The number of H-pyrrole nitrogens is 1. The average Bonchev–Trinajstić information content (AvgIpc) is 3.19. The third-order valence-electron chi connectivity index (χ3n) is 5.35. The van der Waals surface area contributed by atoms with Crippen molar-refractivity contribution in [2.45, 2.75) is 24.0 Å².